The number of carbonyl (C=O) groups excluding carboxylic acids is 3. The molecule has 1 aromatic carbocycles. The van der Waals surface area contributed by atoms with E-state index in [1.807, 2.05) is 26.8 Å². The summed E-state index contributed by atoms with van der Waals surface area (Å²) in [6.45, 7) is 7.75. The van der Waals surface area contributed by atoms with E-state index < -0.39 is 0 Å². The topological polar surface area (TPSA) is 85.4 Å². The first kappa shape index (κ1) is 30.1. The van der Waals surface area contributed by atoms with Crippen LogP contribution in [0.2, 0.25) is 0 Å². The maximum atomic E-state index is 13.0. The molecule has 1 heterocycles. The van der Waals surface area contributed by atoms with Gasteiger partial charge >= 0.3 is 5.97 Å². The molecule has 0 unspecified atom stereocenters. The number of thioether (sulfide) groups is 1. The number of nitrogens with zero attached hydrogens (tertiary/aromatic N) is 2. The van der Waals surface area contributed by atoms with Crippen LogP contribution < -0.4 is 9.47 Å². The third-order valence-electron chi connectivity index (χ3n) is 5.45. The Morgan fingerprint density at radius 3 is 2.50 bits per heavy atom. The number of esters is 1. The van der Waals surface area contributed by atoms with Gasteiger partial charge in [0.05, 0.1) is 23.1 Å². The molecule has 0 bridgehead atoms. The Balaban J connectivity index is 2.10. The fourth-order valence-corrected chi connectivity index (χ4v) is 5.42. The summed E-state index contributed by atoms with van der Waals surface area (Å²) in [5, 5.41) is 0. The summed E-state index contributed by atoms with van der Waals surface area (Å²) in [6.07, 6.45) is 4.40. The number of thiocarbonyl (C=S) groups is 1. The molecule has 8 nitrogen and oxygen atoms in total. The lowest BCUT2D eigenvalue weighted by molar-refractivity contribution is -0.140. The van der Waals surface area contributed by atoms with E-state index in [0.29, 0.717) is 64.3 Å². The minimum absolute atomic E-state index is 0.0992. The van der Waals surface area contributed by atoms with Crippen molar-refractivity contribution >= 4 is 68.1 Å². The standard InChI is InChI=1S/C25H33BrN2O6S2/c1-5-27(6-2)21(29)16-34-23-18(26)13-17(14-19(23)33-7-3)15-20-24(31)28(25(35)36-20)12-10-8-9-11-22(30)32-4/h13-15H,5-12,16H2,1-4H3/b20-15+. The van der Waals surface area contributed by atoms with Gasteiger partial charge in [0.25, 0.3) is 11.8 Å². The molecule has 0 saturated carbocycles. The number of carbonyl (C=O) groups is 3. The summed E-state index contributed by atoms with van der Waals surface area (Å²) in [5.74, 6) is 0.443. The quantitative estimate of drug-likeness (QED) is 0.127. The van der Waals surface area contributed by atoms with Crippen molar-refractivity contribution in [2.45, 2.75) is 46.5 Å². The van der Waals surface area contributed by atoms with Crippen molar-refractivity contribution in [3.8, 4) is 11.5 Å². The van der Waals surface area contributed by atoms with Gasteiger partial charge in [-0.25, -0.2) is 0 Å². The number of ether oxygens (including phenoxy) is 3. The Morgan fingerprint density at radius 1 is 1.14 bits per heavy atom. The minimum atomic E-state index is -0.229. The first-order valence-electron chi connectivity index (χ1n) is 11.9. The van der Waals surface area contributed by atoms with Crippen LogP contribution in [0, 0.1) is 0 Å². The zero-order chi connectivity index (χ0) is 26.7. The molecule has 1 fully saturated rings. The van der Waals surface area contributed by atoms with Crippen LogP contribution in [0.5, 0.6) is 11.5 Å². The SMILES string of the molecule is CCOc1cc(/C=C2/SC(=S)N(CCCCCC(=O)OC)C2=O)cc(Br)c1OCC(=O)N(CC)CC. The second kappa shape index (κ2) is 15.2. The summed E-state index contributed by atoms with van der Waals surface area (Å²) < 4.78 is 17.4. The molecule has 2 amide bonds. The van der Waals surface area contributed by atoms with Gasteiger partial charge in [0.2, 0.25) is 0 Å². The lowest BCUT2D eigenvalue weighted by atomic mass is 10.1. The summed E-state index contributed by atoms with van der Waals surface area (Å²) in [4.78, 5) is 40.4. The molecule has 1 saturated heterocycles. The van der Waals surface area contributed by atoms with E-state index in [1.165, 1.54) is 18.9 Å². The third kappa shape index (κ3) is 8.48. The lowest BCUT2D eigenvalue weighted by Crippen LogP contribution is -2.34. The fourth-order valence-electron chi connectivity index (χ4n) is 3.54. The van der Waals surface area contributed by atoms with E-state index in [0.717, 1.165) is 18.4 Å². The zero-order valence-electron chi connectivity index (χ0n) is 21.1. The average molecular weight is 602 g/mol. The molecular weight excluding hydrogens is 568 g/mol. The number of unbranched alkanes of at least 4 members (excludes halogenated alkanes) is 2. The molecule has 1 aromatic rings. The molecular formula is C25H33BrN2O6S2. The normalized spacial score (nSPS) is 14.4. The average Bonchev–Trinajstić information content (AvgIpc) is 3.11. The van der Waals surface area contributed by atoms with Crippen LogP contribution in [-0.2, 0) is 19.1 Å². The van der Waals surface area contributed by atoms with Crippen LogP contribution in [-0.4, -0.2) is 71.9 Å². The summed E-state index contributed by atoms with van der Waals surface area (Å²) in [7, 11) is 1.37. The van der Waals surface area contributed by atoms with Crippen LogP contribution in [0.15, 0.2) is 21.5 Å². The van der Waals surface area contributed by atoms with E-state index in [9.17, 15) is 14.4 Å². The molecule has 1 aliphatic rings. The van der Waals surface area contributed by atoms with Crippen molar-refractivity contribution in [1.82, 2.24) is 9.80 Å². The number of hydrogen-bond donors (Lipinski definition) is 0. The Labute approximate surface area is 230 Å². The van der Waals surface area contributed by atoms with Gasteiger partial charge in [0.1, 0.15) is 4.32 Å². The summed E-state index contributed by atoms with van der Waals surface area (Å²) in [5.41, 5.74) is 0.742. The minimum Gasteiger partial charge on any atom is -0.490 e. The largest absolute Gasteiger partial charge is 0.490 e. The molecule has 36 heavy (non-hydrogen) atoms. The maximum Gasteiger partial charge on any atom is 0.305 e. The molecule has 2 rings (SSSR count). The molecule has 198 valence electrons. The molecule has 0 aliphatic carbocycles. The molecule has 11 heteroatoms. The van der Waals surface area contributed by atoms with E-state index in [1.54, 1.807) is 21.9 Å². The van der Waals surface area contributed by atoms with Crippen molar-refractivity contribution in [2.75, 3.05) is 40.0 Å². The van der Waals surface area contributed by atoms with Gasteiger partial charge in [0, 0.05) is 26.1 Å². The Kier molecular flexibility index (Phi) is 12.7. The third-order valence-corrected chi connectivity index (χ3v) is 7.42. The Hall–Kier alpha value is -2.11. The van der Waals surface area contributed by atoms with E-state index in [2.05, 4.69) is 20.7 Å². The van der Waals surface area contributed by atoms with Crippen LogP contribution in [0.4, 0.5) is 0 Å². The Morgan fingerprint density at radius 2 is 1.86 bits per heavy atom. The number of amides is 2. The highest BCUT2D eigenvalue weighted by atomic mass is 79.9. The summed E-state index contributed by atoms with van der Waals surface area (Å²) >= 11 is 10.2. The number of methoxy groups -OCH3 is 1. The maximum absolute atomic E-state index is 13.0. The van der Waals surface area contributed by atoms with Crippen molar-refractivity contribution in [3.05, 3.63) is 27.1 Å². The number of halogens is 1. The predicted molar refractivity (Wildman–Crippen MR) is 149 cm³/mol. The monoisotopic (exact) mass is 600 g/mol. The van der Waals surface area contributed by atoms with Gasteiger partial charge < -0.3 is 19.1 Å². The van der Waals surface area contributed by atoms with Gasteiger partial charge in [-0.05, 0) is 73.3 Å². The van der Waals surface area contributed by atoms with Crippen LogP contribution in [0.1, 0.15) is 52.0 Å². The van der Waals surface area contributed by atoms with Crippen LogP contribution in [0.3, 0.4) is 0 Å². The number of hydrogen-bond acceptors (Lipinski definition) is 8. The highest BCUT2D eigenvalue weighted by molar-refractivity contribution is 9.10. The first-order chi connectivity index (χ1) is 17.2. The lowest BCUT2D eigenvalue weighted by Gasteiger charge is -2.20. The zero-order valence-corrected chi connectivity index (χ0v) is 24.4. The molecule has 0 atom stereocenters. The van der Waals surface area contributed by atoms with Crippen molar-refractivity contribution in [1.29, 1.82) is 0 Å². The summed E-state index contributed by atoms with van der Waals surface area (Å²) in [6, 6.07) is 3.60. The van der Waals surface area contributed by atoms with E-state index in [-0.39, 0.29) is 24.4 Å². The molecule has 0 N–H and O–H groups in total. The fraction of sp³-hybridized carbons (Fsp3) is 0.520. The van der Waals surface area contributed by atoms with Gasteiger partial charge in [-0.2, -0.15) is 0 Å². The van der Waals surface area contributed by atoms with Crippen molar-refractivity contribution < 1.29 is 28.6 Å². The predicted octanol–water partition coefficient (Wildman–Crippen LogP) is 5.03. The van der Waals surface area contributed by atoms with Crippen LogP contribution >= 0.6 is 39.9 Å². The van der Waals surface area contributed by atoms with Crippen molar-refractivity contribution in [2.24, 2.45) is 0 Å². The molecule has 0 radical (unpaired) electrons. The van der Waals surface area contributed by atoms with Gasteiger partial charge in [-0.1, -0.05) is 30.4 Å². The smallest absolute Gasteiger partial charge is 0.305 e. The van der Waals surface area contributed by atoms with Gasteiger partial charge in [-0.3, -0.25) is 19.3 Å². The number of rotatable bonds is 14. The van der Waals surface area contributed by atoms with Gasteiger partial charge in [-0.15, -0.1) is 0 Å². The molecule has 0 spiro atoms. The number of benzene rings is 1. The Bertz CT molecular complexity index is 997. The van der Waals surface area contributed by atoms with E-state index >= 15 is 0 Å². The second-order valence-electron chi connectivity index (χ2n) is 7.84. The highest BCUT2D eigenvalue weighted by Crippen LogP contribution is 2.39. The second-order valence-corrected chi connectivity index (χ2v) is 10.4. The highest BCUT2D eigenvalue weighted by Gasteiger charge is 2.31. The van der Waals surface area contributed by atoms with Crippen LogP contribution in [0.25, 0.3) is 6.08 Å². The number of likely N-dealkylation sites (N-methyl/N-ethyl adjacent to an activating group) is 1. The first-order valence-corrected chi connectivity index (χ1v) is 14.0. The van der Waals surface area contributed by atoms with E-state index in [4.69, 9.17) is 21.7 Å². The van der Waals surface area contributed by atoms with Gasteiger partial charge in [0.15, 0.2) is 18.1 Å². The molecule has 0 aromatic heterocycles. The van der Waals surface area contributed by atoms with Crippen molar-refractivity contribution in [3.63, 3.8) is 0 Å². The molecule has 1 aliphatic heterocycles.